The highest BCUT2D eigenvalue weighted by molar-refractivity contribution is 6.30. The third-order valence-electron chi connectivity index (χ3n) is 3.68. The molecule has 1 aromatic carbocycles. The van der Waals surface area contributed by atoms with Crippen LogP contribution in [-0.4, -0.2) is 16.7 Å². The number of alkyl halides is 2. The maximum atomic E-state index is 14.2. The number of nitrogens with zero attached hydrogens (tertiary/aromatic N) is 2. The van der Waals surface area contributed by atoms with E-state index in [-0.39, 0.29) is 22.1 Å². The molecule has 3 rings (SSSR count). The molecule has 0 bridgehead atoms. The number of hydrogen-bond donors (Lipinski definition) is 1. The van der Waals surface area contributed by atoms with Crippen molar-refractivity contribution < 1.29 is 18.0 Å². The molecule has 1 aliphatic heterocycles. The average Bonchev–Trinajstić information content (AvgIpc) is 2.82. The Bertz CT molecular complexity index is 854. The molecule has 1 unspecified atom stereocenters. The number of aromatic nitrogens is 1. The second-order valence-corrected chi connectivity index (χ2v) is 5.62. The van der Waals surface area contributed by atoms with Gasteiger partial charge in [-0.05, 0) is 13.0 Å². The molecule has 1 N–H and O–H groups in total. The van der Waals surface area contributed by atoms with E-state index < -0.39 is 29.8 Å². The third-order valence-corrected chi connectivity index (χ3v) is 3.89. The highest BCUT2D eigenvalue weighted by Crippen LogP contribution is 2.28. The number of hydrogen-bond acceptors (Lipinski definition) is 3. The first-order valence-corrected chi connectivity index (χ1v) is 7.38. The number of rotatable bonds is 3. The van der Waals surface area contributed by atoms with Crippen LogP contribution in [0.2, 0.25) is 5.15 Å². The highest BCUT2D eigenvalue weighted by Gasteiger charge is 2.26. The lowest BCUT2D eigenvalue weighted by Gasteiger charge is -2.18. The van der Waals surface area contributed by atoms with Gasteiger partial charge in [-0.15, -0.1) is 0 Å². The summed E-state index contributed by atoms with van der Waals surface area (Å²) in [5.41, 5.74) is 0.1000. The van der Waals surface area contributed by atoms with Crippen molar-refractivity contribution >= 4 is 23.3 Å². The van der Waals surface area contributed by atoms with Crippen molar-refractivity contribution in [3.8, 4) is 0 Å². The van der Waals surface area contributed by atoms with Crippen LogP contribution in [0.15, 0.2) is 35.5 Å². The van der Waals surface area contributed by atoms with Crippen LogP contribution in [-0.2, 0) is 0 Å². The lowest BCUT2D eigenvalue weighted by molar-refractivity contribution is 0.101. The van der Waals surface area contributed by atoms with Crippen LogP contribution in [0.3, 0.4) is 0 Å². The first-order chi connectivity index (χ1) is 11.4. The topological polar surface area (TPSA) is 54.4 Å². The summed E-state index contributed by atoms with van der Waals surface area (Å²) < 4.78 is 39.9. The maximum absolute atomic E-state index is 14.2. The number of amidine groups is 1. The fraction of sp³-hybridized carbons (Fsp3) is 0.188. The van der Waals surface area contributed by atoms with Gasteiger partial charge in [0.05, 0.1) is 17.2 Å². The number of benzene rings is 1. The zero-order valence-electron chi connectivity index (χ0n) is 12.4. The number of pyridine rings is 1. The molecular formula is C16H11ClF3N3O. The molecule has 1 aliphatic rings. The second-order valence-electron chi connectivity index (χ2n) is 5.24. The Hall–Kier alpha value is -2.41. The van der Waals surface area contributed by atoms with E-state index in [9.17, 15) is 18.0 Å². The lowest BCUT2D eigenvalue weighted by atomic mass is 10.0. The number of aliphatic imine (C=N–C) groups is 1. The quantitative estimate of drug-likeness (QED) is 0.846. The zero-order valence-corrected chi connectivity index (χ0v) is 13.1. The Morgan fingerprint density at radius 3 is 2.62 bits per heavy atom. The highest BCUT2D eigenvalue weighted by atomic mass is 35.5. The number of halogens is 4. The minimum absolute atomic E-state index is 0.0524. The van der Waals surface area contributed by atoms with Crippen LogP contribution >= 0.6 is 11.6 Å². The van der Waals surface area contributed by atoms with Crippen molar-refractivity contribution in [1.82, 2.24) is 10.3 Å². The van der Waals surface area contributed by atoms with E-state index in [0.29, 0.717) is 5.56 Å². The molecule has 24 heavy (non-hydrogen) atoms. The van der Waals surface area contributed by atoms with Gasteiger partial charge in [0.1, 0.15) is 16.8 Å². The SMILES string of the molecule is CC(NC1=NC(=O)c2cnc(Cl)cc21)c1cccc(C(F)F)c1F. The van der Waals surface area contributed by atoms with Gasteiger partial charge in [0.15, 0.2) is 0 Å². The minimum atomic E-state index is -2.91. The summed E-state index contributed by atoms with van der Waals surface area (Å²) in [5.74, 6) is -1.27. The first-order valence-electron chi connectivity index (χ1n) is 7.00. The summed E-state index contributed by atoms with van der Waals surface area (Å²) in [5, 5.41) is 3.05. The lowest BCUT2D eigenvalue weighted by Crippen LogP contribution is -2.27. The van der Waals surface area contributed by atoms with Crippen LogP contribution in [0, 0.1) is 5.82 Å². The molecule has 0 fully saturated rings. The third kappa shape index (κ3) is 2.87. The van der Waals surface area contributed by atoms with Crippen LogP contribution in [0.25, 0.3) is 0 Å². The Labute approximate surface area is 140 Å². The van der Waals surface area contributed by atoms with Crippen molar-refractivity contribution in [3.63, 3.8) is 0 Å². The van der Waals surface area contributed by atoms with Gasteiger partial charge in [0.25, 0.3) is 12.3 Å². The molecule has 4 nitrogen and oxygen atoms in total. The van der Waals surface area contributed by atoms with E-state index in [2.05, 4.69) is 15.3 Å². The van der Waals surface area contributed by atoms with Crippen LogP contribution in [0.5, 0.6) is 0 Å². The molecule has 2 aromatic rings. The Morgan fingerprint density at radius 2 is 1.92 bits per heavy atom. The summed E-state index contributed by atoms with van der Waals surface area (Å²) in [4.78, 5) is 19.5. The number of amides is 1. The van der Waals surface area contributed by atoms with E-state index in [1.54, 1.807) is 6.92 Å². The van der Waals surface area contributed by atoms with Crippen LogP contribution in [0.4, 0.5) is 13.2 Å². The Balaban J connectivity index is 1.91. The normalized spacial score (nSPS) is 14.6. The Morgan fingerprint density at radius 1 is 1.21 bits per heavy atom. The smallest absolute Gasteiger partial charge is 0.281 e. The molecule has 0 saturated carbocycles. The van der Waals surface area contributed by atoms with Gasteiger partial charge < -0.3 is 5.32 Å². The zero-order chi connectivity index (χ0) is 17.4. The van der Waals surface area contributed by atoms with Gasteiger partial charge in [-0.25, -0.2) is 18.2 Å². The molecule has 0 aliphatic carbocycles. The molecule has 1 amide bonds. The molecule has 1 atom stereocenters. The largest absolute Gasteiger partial charge is 0.363 e. The van der Waals surface area contributed by atoms with Gasteiger partial charge >= 0.3 is 0 Å². The van der Waals surface area contributed by atoms with Gasteiger partial charge in [-0.3, -0.25) is 4.79 Å². The van der Waals surface area contributed by atoms with E-state index in [0.717, 1.165) is 6.07 Å². The minimum Gasteiger partial charge on any atom is -0.363 e. The summed E-state index contributed by atoms with van der Waals surface area (Å²) in [7, 11) is 0. The van der Waals surface area contributed by atoms with Crippen LogP contribution < -0.4 is 5.32 Å². The molecule has 0 radical (unpaired) electrons. The molecule has 8 heteroatoms. The summed E-state index contributed by atoms with van der Waals surface area (Å²) in [6.07, 6.45) is -1.60. The van der Waals surface area contributed by atoms with E-state index in [1.807, 2.05) is 0 Å². The van der Waals surface area contributed by atoms with Gasteiger partial charge in [-0.1, -0.05) is 29.8 Å². The van der Waals surface area contributed by atoms with Crippen molar-refractivity contribution in [1.29, 1.82) is 0 Å². The molecule has 124 valence electrons. The van der Waals surface area contributed by atoms with Gasteiger partial charge in [0.2, 0.25) is 0 Å². The molecular weight excluding hydrogens is 343 g/mol. The fourth-order valence-corrected chi connectivity index (χ4v) is 2.64. The predicted octanol–water partition coefficient (Wildman–Crippen LogP) is 4.06. The van der Waals surface area contributed by atoms with Crippen LogP contribution in [0.1, 0.15) is 46.4 Å². The predicted molar refractivity (Wildman–Crippen MR) is 83.0 cm³/mol. The van der Waals surface area contributed by atoms with Crippen molar-refractivity contribution in [2.45, 2.75) is 19.4 Å². The standard InChI is InChI=1S/C16H11ClF3N3O/c1-7(8-3-2-4-9(13(8)18)14(19)20)22-15-10-5-12(17)21-6-11(10)16(24)23-15/h2-7,14H,1H3,(H,22,23,24). The first kappa shape index (κ1) is 16.4. The Kier molecular flexibility index (Phi) is 4.28. The fourth-order valence-electron chi connectivity index (χ4n) is 2.48. The van der Waals surface area contributed by atoms with E-state index >= 15 is 0 Å². The molecule has 0 spiro atoms. The van der Waals surface area contributed by atoms with Crippen molar-refractivity contribution in [2.24, 2.45) is 4.99 Å². The summed E-state index contributed by atoms with van der Waals surface area (Å²) in [6.45, 7) is 1.58. The summed E-state index contributed by atoms with van der Waals surface area (Å²) >= 11 is 5.82. The van der Waals surface area contributed by atoms with E-state index in [1.165, 1.54) is 24.4 Å². The molecule has 2 heterocycles. The van der Waals surface area contributed by atoms with Gasteiger partial charge in [-0.2, -0.15) is 4.99 Å². The van der Waals surface area contributed by atoms with Crippen molar-refractivity contribution in [2.75, 3.05) is 0 Å². The van der Waals surface area contributed by atoms with Gasteiger partial charge in [0, 0.05) is 17.3 Å². The number of carbonyl (C=O) groups is 1. The molecule has 0 saturated heterocycles. The van der Waals surface area contributed by atoms with E-state index in [4.69, 9.17) is 11.6 Å². The monoisotopic (exact) mass is 353 g/mol. The second kappa shape index (κ2) is 6.24. The molecule has 1 aromatic heterocycles. The number of nitrogens with one attached hydrogen (secondary N) is 1. The maximum Gasteiger partial charge on any atom is 0.281 e. The van der Waals surface area contributed by atoms with Crippen molar-refractivity contribution in [3.05, 3.63) is 63.7 Å². The average molecular weight is 354 g/mol. The number of carbonyl (C=O) groups excluding carboxylic acids is 1. The number of fused-ring (bicyclic) bond motifs is 1. The summed E-state index contributed by atoms with van der Waals surface area (Å²) in [6, 6.07) is 4.57.